The highest BCUT2D eigenvalue weighted by Crippen LogP contribution is 2.17. The summed E-state index contributed by atoms with van der Waals surface area (Å²) in [4.78, 5) is 24.4. The molecule has 0 atom stereocenters. The summed E-state index contributed by atoms with van der Waals surface area (Å²) in [5.41, 5.74) is 6.13. The Morgan fingerprint density at radius 2 is 1.76 bits per heavy atom. The molecule has 1 aromatic heterocycles. The predicted molar refractivity (Wildman–Crippen MR) is 100 cm³/mol. The molecule has 0 aliphatic carbocycles. The van der Waals surface area contributed by atoms with Crippen LogP contribution in [0.15, 0.2) is 42.5 Å². The number of methoxy groups -OCH3 is 1. The van der Waals surface area contributed by atoms with Gasteiger partial charge in [-0.15, -0.1) is 5.10 Å². The van der Waals surface area contributed by atoms with Gasteiger partial charge in [0, 0.05) is 17.4 Å². The van der Waals surface area contributed by atoms with Crippen LogP contribution in [0.3, 0.4) is 0 Å². The predicted octanol–water partition coefficient (Wildman–Crippen LogP) is 2.04. The van der Waals surface area contributed by atoms with Crippen LogP contribution in [-0.2, 0) is 11.3 Å². The third-order valence-electron chi connectivity index (χ3n) is 3.83. The summed E-state index contributed by atoms with van der Waals surface area (Å²) in [5.74, 6) is -2.91. The Morgan fingerprint density at radius 3 is 2.41 bits per heavy atom. The maximum absolute atomic E-state index is 13.2. The summed E-state index contributed by atoms with van der Waals surface area (Å²) in [6.07, 6.45) is 0. The lowest BCUT2D eigenvalue weighted by Gasteiger charge is -2.07. The molecule has 3 aromatic rings. The van der Waals surface area contributed by atoms with E-state index in [1.807, 2.05) is 0 Å². The summed E-state index contributed by atoms with van der Waals surface area (Å²) in [6.45, 7) is -0.288. The van der Waals surface area contributed by atoms with Crippen LogP contribution in [0, 0.1) is 11.6 Å². The first-order valence-corrected chi connectivity index (χ1v) is 8.26. The number of hydrogen-bond acceptors (Lipinski definition) is 6. The van der Waals surface area contributed by atoms with Gasteiger partial charge >= 0.3 is 0 Å². The minimum atomic E-state index is -1.12. The van der Waals surface area contributed by atoms with Gasteiger partial charge in [-0.2, -0.15) is 0 Å². The first kappa shape index (κ1) is 19.7. The highest BCUT2D eigenvalue weighted by molar-refractivity contribution is 6.05. The van der Waals surface area contributed by atoms with E-state index in [4.69, 9.17) is 10.5 Å². The van der Waals surface area contributed by atoms with Crippen molar-refractivity contribution < 1.29 is 23.1 Å². The number of rotatable bonds is 6. The number of ether oxygens (including phenoxy) is 1. The van der Waals surface area contributed by atoms with Crippen LogP contribution in [0.5, 0.6) is 5.75 Å². The number of halogens is 2. The quantitative estimate of drug-likeness (QED) is 0.580. The topological polar surface area (TPSA) is 124 Å². The lowest BCUT2D eigenvalue weighted by molar-refractivity contribution is -0.116. The maximum atomic E-state index is 13.2. The lowest BCUT2D eigenvalue weighted by atomic mass is 10.3. The molecule has 0 spiro atoms. The van der Waals surface area contributed by atoms with Gasteiger partial charge < -0.3 is 21.1 Å². The summed E-state index contributed by atoms with van der Waals surface area (Å²) < 4.78 is 32.3. The molecule has 0 aliphatic heterocycles. The largest absolute Gasteiger partial charge is 0.497 e. The molecule has 3 rings (SSSR count). The number of carbonyl (C=O) groups is 2. The third-order valence-corrected chi connectivity index (χ3v) is 3.83. The summed E-state index contributed by atoms with van der Waals surface area (Å²) >= 11 is 0. The number of anilines is 3. The first-order chi connectivity index (χ1) is 13.9. The molecule has 150 valence electrons. The van der Waals surface area contributed by atoms with E-state index in [9.17, 15) is 18.4 Å². The van der Waals surface area contributed by atoms with E-state index in [0.29, 0.717) is 11.4 Å². The zero-order valence-electron chi connectivity index (χ0n) is 15.1. The van der Waals surface area contributed by atoms with E-state index >= 15 is 0 Å². The van der Waals surface area contributed by atoms with Crippen molar-refractivity contribution in [3.63, 3.8) is 0 Å². The standard InChI is InChI=1S/C18H16F2N6O3/c1-29-12-5-2-10(3-6-12)22-15(27)9-26-17(21)16(24-25-26)18(28)23-11-4-7-13(19)14(20)8-11/h2-8H,9,21H2,1H3,(H,22,27)(H,23,28). The van der Waals surface area contributed by atoms with E-state index in [0.717, 1.165) is 16.8 Å². The van der Waals surface area contributed by atoms with Gasteiger partial charge in [-0.3, -0.25) is 9.59 Å². The van der Waals surface area contributed by atoms with E-state index in [-0.39, 0.29) is 23.7 Å². The second kappa shape index (κ2) is 8.33. The van der Waals surface area contributed by atoms with Gasteiger partial charge in [0.05, 0.1) is 7.11 Å². The van der Waals surface area contributed by atoms with Crippen molar-refractivity contribution in [2.75, 3.05) is 23.5 Å². The van der Waals surface area contributed by atoms with Crippen LogP contribution in [0.2, 0.25) is 0 Å². The molecular formula is C18H16F2N6O3. The molecule has 0 radical (unpaired) electrons. The van der Waals surface area contributed by atoms with Crippen LogP contribution in [0.4, 0.5) is 26.0 Å². The van der Waals surface area contributed by atoms with Crippen LogP contribution < -0.4 is 21.1 Å². The van der Waals surface area contributed by atoms with E-state index in [1.54, 1.807) is 24.3 Å². The Kier molecular flexibility index (Phi) is 5.67. The molecule has 2 amide bonds. The average Bonchev–Trinajstić information content (AvgIpc) is 3.05. The van der Waals surface area contributed by atoms with Crippen LogP contribution >= 0.6 is 0 Å². The highest BCUT2D eigenvalue weighted by Gasteiger charge is 2.19. The number of hydrogen-bond donors (Lipinski definition) is 3. The molecule has 9 nitrogen and oxygen atoms in total. The Hall–Kier alpha value is -4.02. The molecule has 0 fully saturated rings. The number of aromatic nitrogens is 3. The Morgan fingerprint density at radius 1 is 1.07 bits per heavy atom. The minimum absolute atomic E-state index is 0.0140. The van der Waals surface area contributed by atoms with Gasteiger partial charge in [0.25, 0.3) is 5.91 Å². The molecule has 0 unspecified atom stereocenters. The van der Waals surface area contributed by atoms with Crippen molar-refractivity contribution in [1.29, 1.82) is 0 Å². The Bertz CT molecular complexity index is 1050. The number of carbonyl (C=O) groups excluding carboxylic acids is 2. The molecule has 2 aromatic carbocycles. The number of nitrogens with one attached hydrogen (secondary N) is 2. The molecule has 0 aliphatic rings. The summed E-state index contributed by atoms with van der Waals surface area (Å²) in [5, 5.41) is 12.3. The number of nitrogens with zero attached hydrogens (tertiary/aromatic N) is 3. The molecule has 11 heteroatoms. The van der Waals surface area contributed by atoms with Crippen molar-refractivity contribution in [3.8, 4) is 5.75 Å². The fraction of sp³-hybridized carbons (Fsp3) is 0.111. The zero-order valence-corrected chi connectivity index (χ0v) is 15.1. The molecule has 0 bridgehead atoms. The monoisotopic (exact) mass is 402 g/mol. The second-order valence-electron chi connectivity index (χ2n) is 5.84. The summed E-state index contributed by atoms with van der Waals surface area (Å²) in [7, 11) is 1.53. The van der Waals surface area contributed by atoms with Crippen LogP contribution in [0.1, 0.15) is 10.5 Å². The zero-order chi connectivity index (χ0) is 21.0. The maximum Gasteiger partial charge on any atom is 0.280 e. The minimum Gasteiger partial charge on any atom is -0.497 e. The molecule has 29 heavy (non-hydrogen) atoms. The summed E-state index contributed by atoms with van der Waals surface area (Å²) in [6, 6.07) is 9.54. The highest BCUT2D eigenvalue weighted by atomic mass is 19.2. The number of nitrogens with two attached hydrogens (primary N) is 1. The van der Waals surface area contributed by atoms with Crippen molar-refractivity contribution in [2.24, 2.45) is 0 Å². The Labute approximate surface area is 163 Å². The fourth-order valence-electron chi connectivity index (χ4n) is 2.37. The fourth-order valence-corrected chi connectivity index (χ4v) is 2.37. The number of benzene rings is 2. The van der Waals surface area contributed by atoms with Crippen LogP contribution in [-0.4, -0.2) is 33.9 Å². The van der Waals surface area contributed by atoms with E-state index in [2.05, 4.69) is 20.9 Å². The van der Waals surface area contributed by atoms with E-state index < -0.39 is 23.4 Å². The van der Waals surface area contributed by atoms with Gasteiger partial charge in [-0.1, -0.05) is 5.21 Å². The van der Waals surface area contributed by atoms with E-state index in [1.165, 1.54) is 13.2 Å². The van der Waals surface area contributed by atoms with Gasteiger partial charge in [-0.25, -0.2) is 13.5 Å². The molecule has 4 N–H and O–H groups in total. The number of amides is 2. The van der Waals surface area contributed by atoms with Crippen molar-refractivity contribution in [2.45, 2.75) is 6.54 Å². The van der Waals surface area contributed by atoms with Gasteiger partial charge in [0.15, 0.2) is 23.1 Å². The molecule has 0 saturated heterocycles. The molecule has 1 heterocycles. The second-order valence-corrected chi connectivity index (χ2v) is 5.84. The third kappa shape index (κ3) is 4.64. The average molecular weight is 402 g/mol. The first-order valence-electron chi connectivity index (χ1n) is 8.26. The smallest absolute Gasteiger partial charge is 0.280 e. The van der Waals surface area contributed by atoms with Crippen LogP contribution in [0.25, 0.3) is 0 Å². The lowest BCUT2D eigenvalue weighted by Crippen LogP contribution is -2.21. The van der Waals surface area contributed by atoms with Crippen molar-refractivity contribution >= 4 is 29.0 Å². The number of nitrogen functional groups attached to an aromatic ring is 1. The Balaban J connectivity index is 1.65. The van der Waals surface area contributed by atoms with Gasteiger partial charge in [0.1, 0.15) is 12.3 Å². The molecule has 0 saturated carbocycles. The molecular weight excluding hydrogens is 386 g/mol. The van der Waals surface area contributed by atoms with Gasteiger partial charge in [-0.05, 0) is 36.4 Å². The SMILES string of the molecule is COc1ccc(NC(=O)Cn2nnc(C(=O)Nc3ccc(F)c(F)c3)c2N)cc1. The normalized spacial score (nSPS) is 10.4. The van der Waals surface area contributed by atoms with Crippen molar-refractivity contribution in [3.05, 3.63) is 59.8 Å². The van der Waals surface area contributed by atoms with Gasteiger partial charge in [0.2, 0.25) is 5.91 Å². The van der Waals surface area contributed by atoms with Crippen molar-refractivity contribution in [1.82, 2.24) is 15.0 Å².